The number of nitrogens with zero attached hydrogens (tertiary/aromatic N) is 1. The molecule has 2 amide bonds. The number of anilines is 1. The van der Waals surface area contributed by atoms with E-state index in [9.17, 15) is 18.0 Å². The summed E-state index contributed by atoms with van der Waals surface area (Å²) in [6.07, 6.45) is 1.83. The number of likely N-dealkylation sites (tertiary alicyclic amines) is 1. The number of hydrogen-bond acceptors (Lipinski definition) is 5. The fourth-order valence-corrected chi connectivity index (χ4v) is 6.34. The topological polar surface area (TPSA) is 95.6 Å². The maximum absolute atomic E-state index is 12.7. The highest BCUT2D eigenvalue weighted by Crippen LogP contribution is 2.27. The molecule has 2 aliphatic rings. The number of rotatable bonds is 5. The van der Waals surface area contributed by atoms with E-state index in [0.717, 1.165) is 6.42 Å². The van der Waals surface area contributed by atoms with Crippen molar-refractivity contribution < 1.29 is 18.0 Å². The van der Waals surface area contributed by atoms with Crippen LogP contribution in [0.5, 0.6) is 0 Å². The summed E-state index contributed by atoms with van der Waals surface area (Å²) in [5.41, 5.74) is -0.277. The molecular weight excluding hydrogens is 425 g/mol. The Hall–Kier alpha value is -1.35. The SMILES string of the molecule is C[C@]1(NC(=O)CN2CCC[C@H]2C(=O)Nc2ccc(Cl)cc2Cl)CCS(=O)(=O)C1. The summed E-state index contributed by atoms with van der Waals surface area (Å²) < 4.78 is 23.4. The minimum Gasteiger partial charge on any atom is -0.349 e. The Morgan fingerprint density at radius 1 is 1.32 bits per heavy atom. The van der Waals surface area contributed by atoms with Crippen molar-refractivity contribution in [3.63, 3.8) is 0 Å². The third-order valence-electron chi connectivity index (χ3n) is 5.15. The van der Waals surface area contributed by atoms with Gasteiger partial charge < -0.3 is 10.6 Å². The van der Waals surface area contributed by atoms with Crippen molar-refractivity contribution in [3.8, 4) is 0 Å². The number of hydrogen-bond donors (Lipinski definition) is 2. The Kier molecular flexibility index (Phi) is 6.24. The molecule has 0 radical (unpaired) electrons. The van der Waals surface area contributed by atoms with Crippen LogP contribution in [-0.4, -0.2) is 61.3 Å². The van der Waals surface area contributed by atoms with Crippen molar-refractivity contribution in [2.75, 3.05) is 29.9 Å². The second-order valence-electron chi connectivity index (χ2n) is 7.69. The van der Waals surface area contributed by atoms with E-state index in [1.165, 1.54) is 0 Å². The largest absolute Gasteiger partial charge is 0.349 e. The highest BCUT2D eigenvalue weighted by molar-refractivity contribution is 7.91. The van der Waals surface area contributed by atoms with E-state index in [2.05, 4.69) is 10.6 Å². The van der Waals surface area contributed by atoms with E-state index in [1.54, 1.807) is 30.0 Å². The van der Waals surface area contributed by atoms with Crippen molar-refractivity contribution in [3.05, 3.63) is 28.2 Å². The molecule has 2 aliphatic heterocycles. The molecule has 0 saturated carbocycles. The van der Waals surface area contributed by atoms with Crippen molar-refractivity contribution >= 4 is 50.5 Å². The molecule has 154 valence electrons. The highest BCUT2D eigenvalue weighted by Gasteiger charge is 2.40. The van der Waals surface area contributed by atoms with Crippen LogP contribution in [0.4, 0.5) is 5.69 Å². The number of halogens is 2. The summed E-state index contributed by atoms with van der Waals surface area (Å²) in [6, 6.07) is 4.38. The van der Waals surface area contributed by atoms with Crippen LogP contribution >= 0.6 is 23.2 Å². The Bertz CT molecular complexity index is 893. The van der Waals surface area contributed by atoms with Gasteiger partial charge in [0.05, 0.1) is 40.3 Å². The lowest BCUT2D eigenvalue weighted by molar-refractivity contribution is -0.125. The molecule has 0 aliphatic carbocycles. The lowest BCUT2D eigenvalue weighted by Gasteiger charge is -2.27. The highest BCUT2D eigenvalue weighted by atomic mass is 35.5. The summed E-state index contributed by atoms with van der Waals surface area (Å²) in [5, 5.41) is 6.45. The Balaban J connectivity index is 1.59. The summed E-state index contributed by atoms with van der Waals surface area (Å²) in [5.74, 6) is -0.474. The summed E-state index contributed by atoms with van der Waals surface area (Å²) >= 11 is 12.0. The Labute approximate surface area is 174 Å². The molecule has 28 heavy (non-hydrogen) atoms. The Morgan fingerprint density at radius 3 is 2.71 bits per heavy atom. The second kappa shape index (κ2) is 8.18. The quantitative estimate of drug-likeness (QED) is 0.720. The molecule has 2 fully saturated rings. The van der Waals surface area contributed by atoms with Crippen molar-refractivity contribution in [2.24, 2.45) is 0 Å². The fourth-order valence-electron chi connectivity index (χ4n) is 3.79. The number of amides is 2. The van der Waals surface area contributed by atoms with Crippen LogP contribution in [0.1, 0.15) is 26.2 Å². The molecule has 0 aromatic heterocycles. The maximum atomic E-state index is 12.7. The van der Waals surface area contributed by atoms with Gasteiger partial charge in [-0.2, -0.15) is 0 Å². The van der Waals surface area contributed by atoms with Crippen LogP contribution in [0, 0.1) is 0 Å². The van der Waals surface area contributed by atoms with Crippen molar-refractivity contribution in [1.82, 2.24) is 10.2 Å². The zero-order valence-electron chi connectivity index (χ0n) is 15.5. The molecule has 0 spiro atoms. The van der Waals surface area contributed by atoms with E-state index < -0.39 is 21.4 Å². The van der Waals surface area contributed by atoms with Gasteiger partial charge in [0, 0.05) is 5.02 Å². The van der Waals surface area contributed by atoms with Gasteiger partial charge >= 0.3 is 0 Å². The number of carbonyl (C=O) groups excluding carboxylic acids is 2. The predicted molar refractivity (Wildman–Crippen MR) is 110 cm³/mol. The third-order valence-corrected chi connectivity index (χ3v) is 7.60. The first kappa shape index (κ1) is 21.4. The van der Waals surface area contributed by atoms with Crippen molar-refractivity contribution in [1.29, 1.82) is 0 Å². The van der Waals surface area contributed by atoms with Crippen LogP contribution < -0.4 is 10.6 Å². The van der Waals surface area contributed by atoms with Crippen molar-refractivity contribution in [2.45, 2.75) is 37.8 Å². The lowest BCUT2D eigenvalue weighted by Crippen LogP contribution is -2.52. The molecule has 10 heteroatoms. The van der Waals surface area contributed by atoms with Gasteiger partial charge in [-0.3, -0.25) is 14.5 Å². The monoisotopic (exact) mass is 447 g/mol. The minimum absolute atomic E-state index is 0.0437. The number of sulfone groups is 1. The molecule has 2 atom stereocenters. The van der Waals surface area contributed by atoms with Gasteiger partial charge in [-0.15, -0.1) is 0 Å². The summed E-state index contributed by atoms with van der Waals surface area (Å²) in [6.45, 7) is 2.41. The normalized spacial score (nSPS) is 26.9. The van der Waals surface area contributed by atoms with E-state index in [1.807, 2.05) is 0 Å². The van der Waals surface area contributed by atoms with Gasteiger partial charge in [0.1, 0.15) is 0 Å². The first-order valence-electron chi connectivity index (χ1n) is 9.08. The molecule has 2 saturated heterocycles. The van der Waals surface area contributed by atoms with Gasteiger partial charge in [-0.05, 0) is 50.9 Å². The van der Waals surface area contributed by atoms with Gasteiger partial charge in [-0.1, -0.05) is 23.2 Å². The van der Waals surface area contributed by atoms with E-state index in [0.29, 0.717) is 35.1 Å². The molecule has 1 aromatic carbocycles. The van der Waals surface area contributed by atoms with Gasteiger partial charge in [0.25, 0.3) is 0 Å². The number of benzene rings is 1. The van der Waals surface area contributed by atoms with Crippen LogP contribution in [-0.2, 0) is 19.4 Å². The first-order valence-corrected chi connectivity index (χ1v) is 11.7. The van der Waals surface area contributed by atoms with Crippen LogP contribution in [0.2, 0.25) is 10.0 Å². The average molecular weight is 448 g/mol. The summed E-state index contributed by atoms with van der Waals surface area (Å²) in [4.78, 5) is 27.0. The number of nitrogens with one attached hydrogen (secondary N) is 2. The molecule has 0 bridgehead atoms. The molecule has 3 rings (SSSR count). The molecular formula is C18H23Cl2N3O4S. The number of carbonyl (C=O) groups is 2. The van der Waals surface area contributed by atoms with Gasteiger partial charge in [-0.25, -0.2) is 8.42 Å². The zero-order chi connectivity index (χ0) is 20.5. The molecule has 0 unspecified atom stereocenters. The Morgan fingerprint density at radius 2 is 2.07 bits per heavy atom. The molecule has 1 aromatic rings. The van der Waals surface area contributed by atoms with Crippen LogP contribution in [0.3, 0.4) is 0 Å². The van der Waals surface area contributed by atoms with Gasteiger partial charge in [0.2, 0.25) is 11.8 Å². The smallest absolute Gasteiger partial charge is 0.241 e. The molecule has 2 N–H and O–H groups in total. The van der Waals surface area contributed by atoms with E-state index >= 15 is 0 Å². The fraction of sp³-hybridized carbons (Fsp3) is 0.556. The van der Waals surface area contributed by atoms with E-state index in [-0.39, 0.29) is 29.9 Å². The average Bonchev–Trinajstić information content (AvgIpc) is 3.13. The standard InChI is InChI=1S/C18H23Cl2N3O4S/c1-18(6-8-28(26,27)11-18)22-16(24)10-23-7-2-3-15(23)17(25)21-14-5-4-12(19)9-13(14)20/h4-5,9,15H,2-3,6-8,10-11H2,1H3,(H,21,25)(H,22,24)/t15-,18-/m0/s1. The summed E-state index contributed by atoms with van der Waals surface area (Å²) in [7, 11) is -3.11. The molecule has 2 heterocycles. The second-order valence-corrected chi connectivity index (χ2v) is 10.7. The first-order chi connectivity index (χ1) is 13.1. The minimum atomic E-state index is -3.11. The van der Waals surface area contributed by atoms with Crippen LogP contribution in [0.15, 0.2) is 18.2 Å². The predicted octanol–water partition coefficient (Wildman–Crippen LogP) is 2.09. The lowest BCUT2D eigenvalue weighted by atomic mass is 10.0. The zero-order valence-corrected chi connectivity index (χ0v) is 17.8. The van der Waals surface area contributed by atoms with Gasteiger partial charge in [0.15, 0.2) is 9.84 Å². The third kappa shape index (κ3) is 5.17. The maximum Gasteiger partial charge on any atom is 0.241 e. The molecule has 7 nitrogen and oxygen atoms in total. The van der Waals surface area contributed by atoms with E-state index in [4.69, 9.17) is 23.2 Å². The van der Waals surface area contributed by atoms with Crippen LogP contribution in [0.25, 0.3) is 0 Å².